The van der Waals surface area contributed by atoms with Crippen molar-refractivity contribution in [3.8, 4) is 0 Å². The van der Waals surface area contributed by atoms with Crippen LogP contribution in [0.1, 0.15) is 51.1 Å². The van der Waals surface area contributed by atoms with E-state index in [1.807, 2.05) is 17.8 Å². The number of hydrogen-bond donors (Lipinski definition) is 1. The smallest absolute Gasteiger partial charge is 0.0410 e. The van der Waals surface area contributed by atoms with E-state index in [9.17, 15) is 0 Å². The van der Waals surface area contributed by atoms with Gasteiger partial charge in [-0.25, -0.2) is 0 Å². The zero-order chi connectivity index (χ0) is 13.5. The molecule has 1 saturated carbocycles. The van der Waals surface area contributed by atoms with Gasteiger partial charge in [-0.3, -0.25) is 0 Å². The summed E-state index contributed by atoms with van der Waals surface area (Å²) >= 11 is 8.13. The molecule has 1 aliphatic heterocycles. The van der Waals surface area contributed by atoms with Crippen LogP contribution in [0.15, 0.2) is 23.1 Å². The highest BCUT2D eigenvalue weighted by Crippen LogP contribution is 2.41. The molecule has 1 nitrogen and oxygen atoms in total. The largest absolute Gasteiger partial charge is 0.307 e. The third kappa shape index (κ3) is 3.12. The van der Waals surface area contributed by atoms with E-state index in [1.54, 1.807) is 0 Å². The summed E-state index contributed by atoms with van der Waals surface area (Å²) in [4.78, 5) is 1.41. The first-order chi connectivity index (χ1) is 9.03. The Balaban J connectivity index is 1.75. The summed E-state index contributed by atoms with van der Waals surface area (Å²) in [7, 11) is 0. The molecule has 1 heterocycles. The molecule has 2 aliphatic rings. The van der Waals surface area contributed by atoms with E-state index in [4.69, 9.17) is 11.6 Å². The first-order valence-corrected chi connectivity index (χ1v) is 8.58. The Morgan fingerprint density at radius 2 is 2.16 bits per heavy atom. The molecule has 2 atom stereocenters. The zero-order valence-corrected chi connectivity index (χ0v) is 13.3. The van der Waals surface area contributed by atoms with Crippen molar-refractivity contribution in [1.29, 1.82) is 0 Å². The minimum atomic E-state index is 0.494. The molecule has 2 unspecified atom stereocenters. The number of benzene rings is 1. The van der Waals surface area contributed by atoms with Crippen molar-refractivity contribution in [3.63, 3.8) is 0 Å². The third-order valence-corrected chi connectivity index (χ3v) is 5.77. The Morgan fingerprint density at radius 1 is 1.32 bits per heavy atom. The zero-order valence-electron chi connectivity index (χ0n) is 11.7. The Hall–Kier alpha value is -0.180. The second kappa shape index (κ2) is 5.31. The first-order valence-electron chi connectivity index (χ1n) is 7.22. The summed E-state index contributed by atoms with van der Waals surface area (Å²) < 4.78 is 0. The normalized spacial score (nSPS) is 29.2. The number of fused-ring (bicyclic) bond motifs is 1. The van der Waals surface area contributed by atoms with Crippen molar-refractivity contribution >= 4 is 23.4 Å². The van der Waals surface area contributed by atoms with Gasteiger partial charge in [0.25, 0.3) is 0 Å². The van der Waals surface area contributed by atoms with Gasteiger partial charge in [-0.1, -0.05) is 25.4 Å². The van der Waals surface area contributed by atoms with Gasteiger partial charge in [0, 0.05) is 22.0 Å². The van der Waals surface area contributed by atoms with Gasteiger partial charge < -0.3 is 5.32 Å². The fourth-order valence-corrected chi connectivity index (χ4v) is 4.69. The minimum absolute atomic E-state index is 0.494. The molecule has 1 aromatic carbocycles. The molecule has 19 heavy (non-hydrogen) atoms. The van der Waals surface area contributed by atoms with Crippen molar-refractivity contribution in [2.75, 3.05) is 5.75 Å². The van der Waals surface area contributed by atoms with Gasteiger partial charge in [0.05, 0.1) is 0 Å². The van der Waals surface area contributed by atoms with E-state index in [-0.39, 0.29) is 0 Å². The lowest BCUT2D eigenvalue weighted by atomic mass is 9.91. The predicted molar refractivity (Wildman–Crippen MR) is 84.1 cm³/mol. The van der Waals surface area contributed by atoms with Crippen molar-refractivity contribution < 1.29 is 0 Å². The van der Waals surface area contributed by atoms with Gasteiger partial charge in [-0.15, -0.1) is 11.8 Å². The van der Waals surface area contributed by atoms with E-state index < -0.39 is 0 Å². The monoisotopic (exact) mass is 295 g/mol. The van der Waals surface area contributed by atoms with Crippen LogP contribution in [0.3, 0.4) is 0 Å². The van der Waals surface area contributed by atoms with Crippen molar-refractivity contribution in [1.82, 2.24) is 5.32 Å². The van der Waals surface area contributed by atoms with Gasteiger partial charge in [-0.2, -0.15) is 0 Å². The Labute approximate surface area is 125 Å². The molecule has 0 amide bonds. The van der Waals surface area contributed by atoms with Gasteiger partial charge in [-0.05, 0) is 60.6 Å². The summed E-state index contributed by atoms with van der Waals surface area (Å²) in [6.07, 6.45) is 5.17. The Bertz CT molecular complexity index is 472. The van der Waals surface area contributed by atoms with Crippen molar-refractivity contribution in [3.05, 3.63) is 28.8 Å². The van der Waals surface area contributed by atoms with Crippen LogP contribution in [0, 0.1) is 5.41 Å². The van der Waals surface area contributed by atoms with Crippen molar-refractivity contribution in [2.45, 2.75) is 56.5 Å². The lowest BCUT2D eigenvalue weighted by Gasteiger charge is -2.29. The van der Waals surface area contributed by atoms with Crippen LogP contribution in [-0.4, -0.2) is 11.8 Å². The summed E-state index contributed by atoms with van der Waals surface area (Å²) in [5.74, 6) is 1.21. The molecular weight excluding hydrogens is 274 g/mol. The van der Waals surface area contributed by atoms with Gasteiger partial charge >= 0.3 is 0 Å². The van der Waals surface area contributed by atoms with E-state index >= 15 is 0 Å². The lowest BCUT2D eigenvalue weighted by Crippen LogP contribution is -2.33. The minimum Gasteiger partial charge on any atom is -0.307 e. The predicted octanol–water partition coefficient (Wildman–Crippen LogP) is 5.05. The standard InChI is InChI=1S/C16H22ClNS/c1-16(2)7-5-12(10-16)18-14-6-8-19-15-4-3-11(17)9-13(14)15/h3-4,9,12,14,18H,5-8,10H2,1-2H3. The Kier molecular flexibility index (Phi) is 3.85. The van der Waals surface area contributed by atoms with Crippen LogP contribution in [-0.2, 0) is 0 Å². The van der Waals surface area contributed by atoms with Crippen LogP contribution >= 0.6 is 23.4 Å². The highest BCUT2D eigenvalue weighted by atomic mass is 35.5. The summed E-state index contributed by atoms with van der Waals surface area (Å²) in [6, 6.07) is 7.51. The second-order valence-electron chi connectivity index (χ2n) is 6.64. The Morgan fingerprint density at radius 3 is 2.89 bits per heavy atom. The van der Waals surface area contributed by atoms with Gasteiger partial charge in [0.1, 0.15) is 0 Å². The van der Waals surface area contributed by atoms with Crippen LogP contribution in [0.2, 0.25) is 5.02 Å². The lowest BCUT2D eigenvalue weighted by molar-refractivity contribution is 0.349. The topological polar surface area (TPSA) is 12.0 Å². The molecule has 1 fully saturated rings. The first kappa shape index (κ1) is 13.8. The SMILES string of the molecule is CC1(C)CCC(NC2CCSc3ccc(Cl)cc32)C1. The highest BCUT2D eigenvalue weighted by molar-refractivity contribution is 7.99. The van der Waals surface area contributed by atoms with E-state index in [0.717, 1.165) is 5.02 Å². The molecule has 0 aromatic heterocycles. The number of rotatable bonds is 2. The van der Waals surface area contributed by atoms with E-state index in [1.165, 1.54) is 41.9 Å². The number of thioether (sulfide) groups is 1. The van der Waals surface area contributed by atoms with E-state index in [0.29, 0.717) is 17.5 Å². The molecule has 104 valence electrons. The molecular formula is C16H22ClNS. The average molecular weight is 296 g/mol. The maximum atomic E-state index is 6.17. The van der Waals surface area contributed by atoms with Crippen LogP contribution in [0.4, 0.5) is 0 Å². The quantitative estimate of drug-likeness (QED) is 0.820. The van der Waals surface area contributed by atoms with Crippen molar-refractivity contribution in [2.24, 2.45) is 5.41 Å². The molecule has 0 bridgehead atoms. The number of hydrogen-bond acceptors (Lipinski definition) is 2. The molecule has 1 aliphatic carbocycles. The third-order valence-electron chi connectivity index (χ3n) is 4.42. The van der Waals surface area contributed by atoms with E-state index in [2.05, 4.69) is 31.3 Å². The van der Waals surface area contributed by atoms with Crippen LogP contribution < -0.4 is 5.32 Å². The van der Waals surface area contributed by atoms with Crippen LogP contribution in [0.5, 0.6) is 0 Å². The number of halogens is 1. The molecule has 1 N–H and O–H groups in total. The summed E-state index contributed by atoms with van der Waals surface area (Å²) in [5.41, 5.74) is 1.92. The average Bonchev–Trinajstić information content (AvgIpc) is 2.69. The van der Waals surface area contributed by atoms with Gasteiger partial charge in [0.15, 0.2) is 0 Å². The summed E-state index contributed by atoms with van der Waals surface area (Å²) in [6.45, 7) is 4.77. The second-order valence-corrected chi connectivity index (χ2v) is 8.22. The maximum Gasteiger partial charge on any atom is 0.0410 e. The molecule has 0 spiro atoms. The number of nitrogens with one attached hydrogen (secondary N) is 1. The molecule has 3 rings (SSSR count). The molecule has 0 saturated heterocycles. The molecule has 3 heteroatoms. The van der Waals surface area contributed by atoms with Gasteiger partial charge in [0.2, 0.25) is 0 Å². The summed E-state index contributed by atoms with van der Waals surface area (Å²) in [5, 5.41) is 4.75. The maximum absolute atomic E-state index is 6.17. The van der Waals surface area contributed by atoms with Crippen LogP contribution in [0.25, 0.3) is 0 Å². The molecule has 1 aromatic rings. The highest BCUT2D eigenvalue weighted by Gasteiger charge is 2.33. The molecule has 0 radical (unpaired) electrons. The fourth-order valence-electron chi connectivity index (χ4n) is 3.40. The fraction of sp³-hybridized carbons (Fsp3) is 0.625.